The molecule has 2 saturated heterocycles. The number of carbonyl (C=O) groups excluding carboxylic acids is 11. The summed E-state index contributed by atoms with van der Waals surface area (Å²) in [6.07, 6.45) is 8.53. The van der Waals surface area contributed by atoms with Crippen LogP contribution in [0.25, 0.3) is 0 Å². The van der Waals surface area contributed by atoms with Crippen LogP contribution in [-0.4, -0.2) is 195 Å². The van der Waals surface area contributed by atoms with Crippen molar-refractivity contribution in [2.75, 3.05) is 40.3 Å². The number of likely N-dealkylation sites (N-methyl/N-ethyl adjacent to an activating group) is 2. The van der Waals surface area contributed by atoms with Gasteiger partial charge in [-0.2, -0.15) is 0 Å². The average Bonchev–Trinajstić information content (AvgIpc) is 1.66. The van der Waals surface area contributed by atoms with Gasteiger partial charge < -0.3 is 77.1 Å². The minimum atomic E-state index is -1.77. The molecular weight excluding hydrogens is 1410 g/mol. The van der Waals surface area contributed by atoms with Crippen molar-refractivity contribution in [2.45, 2.75) is 205 Å². The first-order valence-corrected chi connectivity index (χ1v) is 37.8. The van der Waals surface area contributed by atoms with E-state index < -0.39 is 145 Å². The highest BCUT2D eigenvalue weighted by Crippen LogP contribution is 2.32. The van der Waals surface area contributed by atoms with Crippen molar-refractivity contribution in [3.05, 3.63) is 144 Å². The third-order valence-corrected chi connectivity index (χ3v) is 19.0. The van der Waals surface area contributed by atoms with Crippen LogP contribution in [0.3, 0.4) is 0 Å². The molecule has 29 nitrogen and oxygen atoms in total. The van der Waals surface area contributed by atoms with Crippen molar-refractivity contribution in [2.24, 2.45) is 17.6 Å². The number of hydrogen-bond donors (Lipinski definition) is 11. The van der Waals surface area contributed by atoms with E-state index in [4.69, 9.17) is 10.3 Å². The number of nitrogens with zero attached hydrogens (tertiary/aromatic N) is 4. The van der Waals surface area contributed by atoms with E-state index in [9.17, 15) is 72.9 Å². The minimum absolute atomic E-state index is 0.00982. The zero-order chi connectivity index (χ0) is 79.1. The number of imide groups is 2. The molecule has 4 aromatic rings. The SMILES string of the molecule is CC.CC.CCCC(N)C(O)C(=O)NCC(=O)NC(C(=O)OP)c1ccccc1.CCCC(NC(=O)C1CN(Cc2ccccc2)C(=O)N1C(=O)C(NC)C1CCCCC1)C(O)C(=O)NCC(=O)NC(C(=O)OP)c1ccccc1.CNC(C(=O)N1C(=O)N(Cc2ccccc2)CC1C(=O)O)C1CCCCC1. The molecule has 11 amide bonds. The molecule has 31 heteroatoms. The van der Waals surface area contributed by atoms with Gasteiger partial charge in [-0.1, -0.05) is 214 Å². The monoisotopic (exact) mass is 1530 g/mol. The molecule has 12 unspecified atom stereocenters. The molecule has 12 N–H and O–H groups in total. The van der Waals surface area contributed by atoms with E-state index in [1.165, 1.54) is 9.80 Å². The van der Waals surface area contributed by atoms with Gasteiger partial charge >= 0.3 is 30.0 Å². The van der Waals surface area contributed by atoms with Gasteiger partial charge in [-0.3, -0.25) is 33.6 Å². The third-order valence-electron chi connectivity index (χ3n) is 18.6. The molecule has 4 aromatic carbocycles. The third kappa shape index (κ3) is 27.4. The number of nitrogens with one attached hydrogen (secondary N) is 7. The number of nitrogens with two attached hydrogens (primary N) is 1. The summed E-state index contributed by atoms with van der Waals surface area (Å²) in [6.45, 7) is 11.1. The molecule has 0 radical (unpaired) electrons. The van der Waals surface area contributed by atoms with Crippen molar-refractivity contribution in [1.82, 2.24) is 56.8 Å². The Bertz CT molecular complexity index is 3460. The average molecular weight is 1530 g/mol. The lowest BCUT2D eigenvalue weighted by Gasteiger charge is -2.33. The fourth-order valence-electron chi connectivity index (χ4n) is 13.1. The van der Waals surface area contributed by atoms with E-state index in [-0.39, 0.29) is 37.9 Å². The molecule has 2 heterocycles. The van der Waals surface area contributed by atoms with Crippen LogP contribution >= 0.6 is 18.9 Å². The van der Waals surface area contributed by atoms with Crippen molar-refractivity contribution in [3.8, 4) is 0 Å². The van der Waals surface area contributed by atoms with Gasteiger partial charge in [-0.25, -0.2) is 33.8 Å². The van der Waals surface area contributed by atoms with Crippen LogP contribution < -0.4 is 43.0 Å². The zero-order valence-corrected chi connectivity index (χ0v) is 65.0. The molecule has 4 aliphatic rings. The maximum Gasteiger partial charge on any atom is 0.335 e. The Kier molecular flexibility index (Phi) is 41.0. The second kappa shape index (κ2) is 48.5. The van der Waals surface area contributed by atoms with Gasteiger partial charge in [0.1, 0.15) is 12.1 Å². The van der Waals surface area contributed by atoms with E-state index >= 15 is 0 Å². The molecular formula is C76H112N12O17P2. The van der Waals surface area contributed by atoms with Gasteiger partial charge in [0, 0.05) is 19.1 Å². The van der Waals surface area contributed by atoms with Crippen LogP contribution in [0, 0.1) is 11.8 Å². The normalized spacial score (nSPS) is 17.9. The van der Waals surface area contributed by atoms with E-state index in [2.05, 4.69) is 41.7 Å². The summed E-state index contributed by atoms with van der Waals surface area (Å²) in [6, 6.07) is 27.0. The Morgan fingerprint density at radius 2 is 0.869 bits per heavy atom. The first kappa shape index (κ1) is 90.6. The van der Waals surface area contributed by atoms with E-state index in [0.29, 0.717) is 30.5 Å². The number of urea groups is 2. The van der Waals surface area contributed by atoms with Gasteiger partial charge in [0.05, 0.1) is 63.2 Å². The van der Waals surface area contributed by atoms with Gasteiger partial charge in [0.15, 0.2) is 24.2 Å². The van der Waals surface area contributed by atoms with Crippen molar-refractivity contribution in [3.63, 3.8) is 0 Å². The standard InChI is InChI=1S/C36H49N6O8P.C20H27N3O4.C16H24N3O5P.2C2H6/c1-3-13-26(31(44)33(46)38-20-28(43)40-30(35(48)50-51)25-18-11-6-12-19-25)39-32(45)27-22-41(21-23-14-7-4-8-15-23)36(49)42(27)34(47)29(37-2)24-16-9-5-10-17-24;1-21-17(15-10-6-3-7-11-15)18(24)23-16(19(25)26)13-22(20(23)27)12-14-8-4-2-5-9-14;1-2-6-11(17)14(21)15(22)18-9-12(20)19-13(16(23)24-25)10-7-4-3-5-8-10;2*1-2/h4,6-8,11-12,14-15,18-19,24,26-27,29-31,37,44H,3,5,9-10,13,16-17,20-22,51H2,1-2H3,(H,38,46)(H,39,45)(H,40,43);2,4-5,8-9,15-17,21H,3,6-7,10-13H2,1H3,(H,25,26);3-5,7-8,11,13-14,21H,2,6,9,17,25H2,1H3,(H,18,22)(H,19,20);2*1-2H3. The number of aliphatic hydroxyl groups excluding tert-OH is 2. The molecule has 0 spiro atoms. The molecule has 12 atom stereocenters. The van der Waals surface area contributed by atoms with E-state index in [0.717, 1.165) is 91.6 Å². The number of hydrogen-bond acceptors (Lipinski definition) is 19. The molecule has 2 saturated carbocycles. The topological polar surface area (TPSA) is 407 Å². The molecule has 0 aromatic heterocycles. The molecule has 107 heavy (non-hydrogen) atoms. The van der Waals surface area contributed by atoms with Crippen LogP contribution in [0.5, 0.6) is 0 Å². The molecule has 8 rings (SSSR count). The first-order chi connectivity index (χ1) is 51.5. The lowest BCUT2D eigenvalue weighted by Crippen LogP contribution is -2.59. The smallest absolute Gasteiger partial charge is 0.335 e. The predicted molar refractivity (Wildman–Crippen MR) is 409 cm³/mol. The maximum absolute atomic E-state index is 14.1. The summed E-state index contributed by atoms with van der Waals surface area (Å²) in [5.41, 5.74) is 8.42. The predicted octanol–water partition coefficient (Wildman–Crippen LogP) is 5.85. The van der Waals surface area contributed by atoms with Crippen molar-refractivity contribution >= 4 is 90.3 Å². The highest BCUT2D eigenvalue weighted by atomic mass is 31.0. The van der Waals surface area contributed by atoms with E-state index in [1.807, 2.05) is 121 Å². The molecule has 2 aliphatic heterocycles. The number of carboxylic acid groups (broad SMARTS) is 1. The molecule has 0 bridgehead atoms. The quantitative estimate of drug-likeness (QED) is 0.0263. The molecule has 2 aliphatic carbocycles. The number of aliphatic hydroxyl groups is 2. The number of amides is 11. The number of rotatable bonds is 31. The lowest BCUT2D eigenvalue weighted by molar-refractivity contribution is -0.147. The van der Waals surface area contributed by atoms with Crippen molar-refractivity contribution in [1.29, 1.82) is 0 Å². The van der Waals surface area contributed by atoms with Gasteiger partial charge in [-0.05, 0) is 86.7 Å². The summed E-state index contributed by atoms with van der Waals surface area (Å²) >= 11 is 0. The highest BCUT2D eigenvalue weighted by molar-refractivity contribution is 7.11. The number of carbonyl (C=O) groups is 12. The zero-order valence-electron chi connectivity index (χ0n) is 62.7. The highest BCUT2D eigenvalue weighted by Gasteiger charge is 2.50. The van der Waals surface area contributed by atoms with E-state index in [1.54, 1.807) is 74.8 Å². The number of carboxylic acids is 1. The Hall–Kier alpha value is -8.82. The summed E-state index contributed by atoms with van der Waals surface area (Å²) < 4.78 is 9.34. The van der Waals surface area contributed by atoms with Gasteiger partial charge in [-0.15, -0.1) is 0 Å². The number of benzene rings is 4. The van der Waals surface area contributed by atoms with Crippen LogP contribution in [0.1, 0.15) is 166 Å². The Morgan fingerprint density at radius 1 is 0.514 bits per heavy atom. The van der Waals surface area contributed by atoms with Gasteiger partial charge in [0.25, 0.3) is 11.8 Å². The second-order valence-electron chi connectivity index (χ2n) is 25.8. The Labute approximate surface area is 632 Å². The maximum atomic E-state index is 14.1. The van der Waals surface area contributed by atoms with Crippen LogP contribution in [0.15, 0.2) is 121 Å². The fraction of sp³-hybridized carbons (Fsp3) is 0.526. The molecule has 588 valence electrons. The summed E-state index contributed by atoms with van der Waals surface area (Å²) in [4.78, 5) is 158. The largest absolute Gasteiger partial charge is 0.480 e. The minimum Gasteiger partial charge on any atom is -0.480 e. The van der Waals surface area contributed by atoms with Gasteiger partial charge in [0.2, 0.25) is 29.5 Å². The number of aliphatic carboxylic acids is 1. The summed E-state index contributed by atoms with van der Waals surface area (Å²) in [7, 11) is 7.05. The Balaban J connectivity index is 0.000000363. The van der Waals surface area contributed by atoms with Crippen LogP contribution in [0.2, 0.25) is 0 Å². The summed E-state index contributed by atoms with van der Waals surface area (Å²) in [5, 5.41) is 48.9. The second-order valence-corrected chi connectivity index (χ2v) is 26.3. The summed E-state index contributed by atoms with van der Waals surface area (Å²) in [5.74, 6) is -6.97. The Morgan fingerprint density at radius 3 is 1.22 bits per heavy atom. The lowest BCUT2D eigenvalue weighted by atomic mass is 9.83. The fourth-order valence-corrected chi connectivity index (χ4v) is 13.4. The molecule has 4 fully saturated rings. The van der Waals surface area contributed by atoms with Crippen LogP contribution in [-0.2, 0) is 70.1 Å². The first-order valence-electron chi connectivity index (χ1n) is 36.9. The van der Waals surface area contributed by atoms with Crippen molar-refractivity contribution < 1.29 is 81.9 Å². The van der Waals surface area contributed by atoms with Crippen LogP contribution in [0.4, 0.5) is 9.59 Å².